The van der Waals surface area contributed by atoms with Crippen molar-refractivity contribution in [1.29, 1.82) is 0 Å². The van der Waals surface area contributed by atoms with Crippen LogP contribution in [-0.4, -0.2) is 25.7 Å². The van der Waals surface area contributed by atoms with E-state index in [1.54, 1.807) is 24.3 Å². The molecule has 2 aromatic carbocycles. The van der Waals surface area contributed by atoms with Crippen LogP contribution in [0, 0.1) is 0 Å². The molecule has 0 atom stereocenters. The summed E-state index contributed by atoms with van der Waals surface area (Å²) < 4.78 is 22.8. The van der Waals surface area contributed by atoms with Gasteiger partial charge in [-0.15, -0.1) is 0 Å². The molecule has 0 radical (unpaired) electrons. The summed E-state index contributed by atoms with van der Waals surface area (Å²) in [6.45, 7) is 0. The number of hydrogen-bond donors (Lipinski definition) is 2. The molecule has 0 saturated heterocycles. The maximum absolute atomic E-state index is 11.4. The van der Waals surface area contributed by atoms with Gasteiger partial charge in [0.05, 0.1) is 11.3 Å². The van der Waals surface area contributed by atoms with Crippen molar-refractivity contribution in [2.24, 2.45) is 5.73 Å². The first kappa shape index (κ1) is 15.1. The van der Waals surface area contributed by atoms with Gasteiger partial charge in [0.25, 0.3) is 0 Å². The fourth-order valence-electron chi connectivity index (χ4n) is 1.99. The van der Waals surface area contributed by atoms with Crippen LogP contribution in [0.2, 0.25) is 0 Å². The summed E-state index contributed by atoms with van der Waals surface area (Å²) in [5.74, 6) is -0.528. The average molecular weight is 305 g/mol. The van der Waals surface area contributed by atoms with Crippen molar-refractivity contribution in [3.05, 3.63) is 48.0 Å². The number of aromatic hydroxyl groups is 1. The lowest BCUT2D eigenvalue weighted by molar-refractivity contribution is -0.117. The second-order valence-electron chi connectivity index (χ2n) is 4.78. The van der Waals surface area contributed by atoms with E-state index in [0.717, 1.165) is 17.4 Å². The van der Waals surface area contributed by atoms with Crippen LogP contribution >= 0.6 is 0 Å². The highest BCUT2D eigenvalue weighted by Gasteiger charge is 2.09. The number of amides is 1. The van der Waals surface area contributed by atoms with Gasteiger partial charge in [-0.25, -0.2) is 8.42 Å². The monoisotopic (exact) mass is 305 g/mol. The number of phenols is 1. The molecule has 0 aromatic heterocycles. The highest BCUT2D eigenvalue weighted by atomic mass is 32.2. The molecule has 21 heavy (non-hydrogen) atoms. The van der Waals surface area contributed by atoms with E-state index >= 15 is 0 Å². The summed E-state index contributed by atoms with van der Waals surface area (Å²) in [6.07, 6.45) is 1.09. The van der Waals surface area contributed by atoms with Crippen molar-refractivity contribution in [2.75, 3.05) is 6.26 Å². The second-order valence-corrected chi connectivity index (χ2v) is 6.80. The SMILES string of the molecule is CS(=O)(=O)c1ccc(-c2ccc(O)c(CC(N)=O)c2)cc1. The highest BCUT2D eigenvalue weighted by molar-refractivity contribution is 7.90. The molecule has 5 nitrogen and oxygen atoms in total. The van der Waals surface area contributed by atoms with Crippen LogP contribution < -0.4 is 5.73 Å². The molecule has 0 spiro atoms. The number of hydrogen-bond acceptors (Lipinski definition) is 4. The Kier molecular flexibility index (Phi) is 3.99. The predicted octanol–water partition coefficient (Wildman–Crippen LogP) is 1.49. The molecular weight excluding hydrogens is 290 g/mol. The van der Waals surface area contributed by atoms with E-state index < -0.39 is 15.7 Å². The molecule has 6 heteroatoms. The minimum atomic E-state index is -3.23. The number of rotatable bonds is 4. The molecule has 2 rings (SSSR count). The van der Waals surface area contributed by atoms with Crippen molar-refractivity contribution < 1.29 is 18.3 Å². The van der Waals surface area contributed by atoms with E-state index in [4.69, 9.17) is 5.73 Å². The number of primary amides is 1. The third-order valence-corrected chi connectivity index (χ3v) is 4.19. The quantitative estimate of drug-likeness (QED) is 0.894. The Morgan fingerprint density at radius 1 is 1.10 bits per heavy atom. The van der Waals surface area contributed by atoms with Gasteiger partial charge in [-0.3, -0.25) is 4.79 Å². The van der Waals surface area contributed by atoms with Crippen LogP contribution in [0.3, 0.4) is 0 Å². The molecule has 0 saturated carbocycles. The molecule has 0 aliphatic carbocycles. The zero-order chi connectivity index (χ0) is 15.6. The van der Waals surface area contributed by atoms with Crippen LogP contribution in [0.4, 0.5) is 0 Å². The summed E-state index contributed by atoms with van der Waals surface area (Å²) in [5, 5.41) is 9.69. The van der Waals surface area contributed by atoms with Crippen LogP contribution in [0.15, 0.2) is 47.4 Å². The average Bonchev–Trinajstić information content (AvgIpc) is 2.40. The first-order valence-corrected chi connectivity index (χ1v) is 8.07. The predicted molar refractivity (Wildman–Crippen MR) is 79.6 cm³/mol. The van der Waals surface area contributed by atoms with Gasteiger partial charge in [0.1, 0.15) is 5.75 Å². The Bertz CT molecular complexity index is 780. The van der Waals surface area contributed by atoms with Crippen molar-refractivity contribution in [3.63, 3.8) is 0 Å². The van der Waals surface area contributed by atoms with Gasteiger partial charge in [-0.2, -0.15) is 0 Å². The van der Waals surface area contributed by atoms with Crippen molar-refractivity contribution >= 4 is 15.7 Å². The molecule has 3 N–H and O–H groups in total. The molecule has 0 fully saturated rings. The number of carbonyl (C=O) groups is 1. The molecule has 0 bridgehead atoms. The van der Waals surface area contributed by atoms with Crippen molar-refractivity contribution in [3.8, 4) is 16.9 Å². The normalized spacial score (nSPS) is 11.3. The van der Waals surface area contributed by atoms with E-state index in [1.165, 1.54) is 18.2 Å². The van der Waals surface area contributed by atoms with Crippen LogP contribution in [0.25, 0.3) is 11.1 Å². The number of phenolic OH excluding ortho intramolecular Hbond substituents is 1. The van der Waals surface area contributed by atoms with Gasteiger partial charge >= 0.3 is 0 Å². The van der Waals surface area contributed by atoms with Crippen LogP contribution in [0.5, 0.6) is 5.75 Å². The molecule has 1 amide bonds. The van der Waals surface area contributed by atoms with E-state index in [0.29, 0.717) is 5.56 Å². The maximum atomic E-state index is 11.4. The highest BCUT2D eigenvalue weighted by Crippen LogP contribution is 2.27. The molecule has 0 heterocycles. The summed E-state index contributed by atoms with van der Waals surface area (Å²) in [7, 11) is -3.23. The zero-order valence-corrected chi connectivity index (χ0v) is 12.2. The van der Waals surface area contributed by atoms with Crippen LogP contribution in [0.1, 0.15) is 5.56 Å². The summed E-state index contributed by atoms with van der Waals surface area (Å²) in [5.41, 5.74) is 7.12. The third kappa shape index (κ3) is 3.61. The Morgan fingerprint density at radius 2 is 1.67 bits per heavy atom. The van der Waals surface area contributed by atoms with E-state index in [1.807, 2.05) is 0 Å². The van der Waals surface area contributed by atoms with Gasteiger partial charge in [-0.1, -0.05) is 18.2 Å². The molecular formula is C15H15NO4S. The Balaban J connectivity index is 2.40. The van der Waals surface area contributed by atoms with E-state index in [9.17, 15) is 18.3 Å². The molecule has 0 unspecified atom stereocenters. The minimum absolute atomic E-state index is 0.00491. The lowest BCUT2D eigenvalue weighted by Gasteiger charge is -2.07. The van der Waals surface area contributed by atoms with Gasteiger partial charge in [0.2, 0.25) is 5.91 Å². The minimum Gasteiger partial charge on any atom is -0.508 e. The number of benzene rings is 2. The third-order valence-electron chi connectivity index (χ3n) is 3.06. The fraction of sp³-hybridized carbons (Fsp3) is 0.133. The smallest absolute Gasteiger partial charge is 0.221 e. The first-order chi connectivity index (χ1) is 9.77. The Hall–Kier alpha value is -2.34. The standard InChI is InChI=1S/C15H15NO4S/c1-21(19,20)13-5-2-10(3-6-13)11-4-7-14(17)12(8-11)9-15(16)18/h2-8,17H,9H2,1H3,(H2,16,18). The summed E-state index contributed by atoms with van der Waals surface area (Å²) >= 11 is 0. The number of sulfone groups is 1. The molecule has 110 valence electrons. The fourth-order valence-corrected chi connectivity index (χ4v) is 2.62. The summed E-state index contributed by atoms with van der Waals surface area (Å²) in [4.78, 5) is 11.2. The Morgan fingerprint density at radius 3 is 2.19 bits per heavy atom. The summed E-state index contributed by atoms with van der Waals surface area (Å²) in [6, 6.07) is 11.2. The lowest BCUT2D eigenvalue weighted by atomic mass is 10.0. The molecule has 0 aliphatic rings. The Labute approximate surface area is 123 Å². The zero-order valence-electron chi connectivity index (χ0n) is 11.4. The van der Waals surface area contributed by atoms with Crippen LogP contribution in [-0.2, 0) is 21.1 Å². The number of nitrogens with two attached hydrogens (primary N) is 1. The van der Waals surface area contributed by atoms with Gasteiger partial charge in [-0.05, 0) is 35.4 Å². The van der Waals surface area contributed by atoms with Crippen molar-refractivity contribution in [2.45, 2.75) is 11.3 Å². The molecule has 2 aromatic rings. The second kappa shape index (κ2) is 5.57. The lowest BCUT2D eigenvalue weighted by Crippen LogP contribution is -2.13. The maximum Gasteiger partial charge on any atom is 0.221 e. The molecule has 0 aliphatic heterocycles. The first-order valence-electron chi connectivity index (χ1n) is 6.18. The van der Waals surface area contributed by atoms with Gasteiger partial charge in [0.15, 0.2) is 9.84 Å². The number of carbonyl (C=O) groups excluding carboxylic acids is 1. The van der Waals surface area contributed by atoms with Gasteiger partial charge in [0, 0.05) is 11.8 Å². The van der Waals surface area contributed by atoms with Crippen molar-refractivity contribution in [1.82, 2.24) is 0 Å². The topological polar surface area (TPSA) is 97.5 Å². The van der Waals surface area contributed by atoms with E-state index in [2.05, 4.69) is 0 Å². The van der Waals surface area contributed by atoms with E-state index in [-0.39, 0.29) is 17.1 Å². The largest absolute Gasteiger partial charge is 0.508 e. The van der Waals surface area contributed by atoms with Gasteiger partial charge < -0.3 is 10.8 Å².